The maximum absolute atomic E-state index is 11.8. The number of nitrogens with one attached hydrogen (secondary N) is 2. The van der Waals surface area contributed by atoms with Crippen LogP contribution in [-0.2, 0) is 6.42 Å². The summed E-state index contributed by atoms with van der Waals surface area (Å²) in [5.41, 5.74) is 0.530. The van der Waals surface area contributed by atoms with Crippen molar-refractivity contribution in [3.8, 4) is 0 Å². The first-order valence-electron chi connectivity index (χ1n) is 7.20. The highest BCUT2D eigenvalue weighted by Gasteiger charge is 2.11. The zero-order valence-electron chi connectivity index (χ0n) is 12.8. The molecule has 6 heteroatoms. The summed E-state index contributed by atoms with van der Waals surface area (Å²) in [5, 5.41) is 7.05. The number of nitrogens with zero attached hydrogens (tertiary/aromatic N) is 2. The van der Waals surface area contributed by atoms with Crippen LogP contribution in [0.2, 0.25) is 0 Å². The highest BCUT2D eigenvalue weighted by Crippen LogP contribution is 2.23. The zero-order valence-corrected chi connectivity index (χ0v) is 13.6. The quantitative estimate of drug-likeness (QED) is 0.770. The van der Waals surface area contributed by atoms with Gasteiger partial charge in [-0.2, -0.15) is 0 Å². The van der Waals surface area contributed by atoms with Gasteiger partial charge in [-0.25, -0.2) is 9.97 Å². The Morgan fingerprint density at radius 3 is 2.82 bits per heavy atom. The normalized spacial score (nSPS) is 11.7. The van der Waals surface area contributed by atoms with Crippen molar-refractivity contribution in [2.45, 2.75) is 26.3 Å². The Morgan fingerprint density at radius 2 is 2.23 bits per heavy atom. The van der Waals surface area contributed by atoms with Crippen molar-refractivity contribution in [1.82, 2.24) is 15.3 Å². The number of aromatic nitrogens is 2. The minimum Gasteiger partial charge on any atom is -0.361 e. The molecule has 0 aliphatic carbocycles. The van der Waals surface area contributed by atoms with Crippen LogP contribution in [0, 0.1) is 0 Å². The second-order valence-corrected chi connectivity index (χ2v) is 5.96. The number of carbonyl (C=O) groups excluding carboxylic acids is 1. The molecule has 0 aliphatic rings. The Labute approximate surface area is 134 Å². The van der Waals surface area contributed by atoms with Gasteiger partial charge >= 0.3 is 0 Å². The van der Waals surface area contributed by atoms with E-state index in [0.29, 0.717) is 12.1 Å². The molecule has 116 valence electrons. The number of hydrogen-bond acceptors (Lipinski definition) is 5. The molecule has 0 aliphatic heterocycles. The molecule has 5 nitrogen and oxygen atoms in total. The summed E-state index contributed by atoms with van der Waals surface area (Å²) < 4.78 is 0. The highest BCUT2D eigenvalue weighted by atomic mass is 32.1. The SMILES string of the molecule is C=CCNC(=O)c1ccc(NC(C)c2ncc(CC)s2)nc1. The molecule has 2 heterocycles. The number of aryl methyl sites for hydroxylation is 1. The van der Waals surface area contributed by atoms with E-state index in [0.717, 1.165) is 17.2 Å². The van der Waals surface area contributed by atoms with Crippen LogP contribution in [0.3, 0.4) is 0 Å². The summed E-state index contributed by atoms with van der Waals surface area (Å²) in [6, 6.07) is 3.63. The summed E-state index contributed by atoms with van der Waals surface area (Å²) in [6.07, 6.45) is 6.12. The molecule has 2 rings (SSSR count). The molecular weight excluding hydrogens is 296 g/mol. The van der Waals surface area contributed by atoms with E-state index in [2.05, 4.69) is 34.1 Å². The zero-order chi connectivity index (χ0) is 15.9. The topological polar surface area (TPSA) is 66.9 Å². The maximum Gasteiger partial charge on any atom is 0.253 e. The molecule has 0 aromatic carbocycles. The third kappa shape index (κ3) is 4.14. The third-order valence-electron chi connectivity index (χ3n) is 3.09. The smallest absolute Gasteiger partial charge is 0.253 e. The summed E-state index contributed by atoms with van der Waals surface area (Å²) >= 11 is 1.70. The number of carbonyl (C=O) groups is 1. The lowest BCUT2D eigenvalue weighted by atomic mass is 10.2. The van der Waals surface area contributed by atoms with Gasteiger partial charge in [0.15, 0.2) is 0 Å². The van der Waals surface area contributed by atoms with E-state index in [1.54, 1.807) is 35.7 Å². The van der Waals surface area contributed by atoms with Crippen LogP contribution >= 0.6 is 11.3 Å². The Kier molecular flexibility index (Phi) is 5.66. The van der Waals surface area contributed by atoms with E-state index in [1.807, 2.05) is 13.1 Å². The lowest BCUT2D eigenvalue weighted by molar-refractivity contribution is 0.0957. The van der Waals surface area contributed by atoms with E-state index in [9.17, 15) is 4.79 Å². The minimum absolute atomic E-state index is 0.0817. The van der Waals surface area contributed by atoms with Crippen molar-refractivity contribution < 1.29 is 4.79 Å². The van der Waals surface area contributed by atoms with Gasteiger partial charge in [0.25, 0.3) is 5.91 Å². The molecule has 0 saturated carbocycles. The van der Waals surface area contributed by atoms with Crippen molar-refractivity contribution in [3.05, 3.63) is 52.6 Å². The van der Waals surface area contributed by atoms with Gasteiger partial charge in [0.05, 0.1) is 11.6 Å². The minimum atomic E-state index is -0.153. The van der Waals surface area contributed by atoms with E-state index in [4.69, 9.17) is 0 Å². The first-order valence-corrected chi connectivity index (χ1v) is 8.02. The number of hydrogen-bond donors (Lipinski definition) is 2. The molecule has 1 atom stereocenters. The summed E-state index contributed by atoms with van der Waals surface area (Å²) in [7, 11) is 0. The predicted octanol–water partition coefficient (Wildman–Crippen LogP) is 3.19. The fraction of sp³-hybridized carbons (Fsp3) is 0.312. The Bertz CT molecular complexity index is 636. The van der Waals surface area contributed by atoms with Gasteiger partial charge in [-0.1, -0.05) is 13.0 Å². The number of pyridine rings is 1. The molecule has 0 spiro atoms. The third-order valence-corrected chi connectivity index (χ3v) is 4.41. The fourth-order valence-corrected chi connectivity index (χ4v) is 2.71. The van der Waals surface area contributed by atoms with Gasteiger partial charge in [0.2, 0.25) is 0 Å². The molecule has 2 aromatic heterocycles. The van der Waals surface area contributed by atoms with Gasteiger partial charge in [-0.05, 0) is 25.5 Å². The molecule has 0 bridgehead atoms. The average molecular weight is 316 g/mol. The van der Waals surface area contributed by atoms with Gasteiger partial charge in [0, 0.05) is 23.8 Å². The van der Waals surface area contributed by atoms with Gasteiger partial charge < -0.3 is 10.6 Å². The van der Waals surface area contributed by atoms with Crippen LogP contribution in [0.5, 0.6) is 0 Å². The maximum atomic E-state index is 11.8. The van der Waals surface area contributed by atoms with E-state index >= 15 is 0 Å². The summed E-state index contributed by atoms with van der Waals surface area (Å²) in [5.74, 6) is 0.570. The van der Waals surface area contributed by atoms with E-state index in [-0.39, 0.29) is 11.9 Å². The van der Waals surface area contributed by atoms with Crippen molar-refractivity contribution in [2.24, 2.45) is 0 Å². The lowest BCUT2D eigenvalue weighted by Crippen LogP contribution is -2.23. The average Bonchev–Trinajstić information content (AvgIpc) is 3.02. The molecule has 0 radical (unpaired) electrons. The molecule has 2 aromatic rings. The highest BCUT2D eigenvalue weighted by molar-refractivity contribution is 7.11. The van der Waals surface area contributed by atoms with Gasteiger partial charge in [-0.15, -0.1) is 17.9 Å². The molecule has 1 unspecified atom stereocenters. The predicted molar refractivity (Wildman–Crippen MR) is 90.3 cm³/mol. The monoisotopic (exact) mass is 316 g/mol. The molecule has 1 amide bonds. The largest absolute Gasteiger partial charge is 0.361 e. The Hall–Kier alpha value is -2.21. The lowest BCUT2D eigenvalue weighted by Gasteiger charge is -2.12. The van der Waals surface area contributed by atoms with Crippen LogP contribution in [0.15, 0.2) is 37.2 Å². The molecular formula is C16H20N4OS. The molecule has 2 N–H and O–H groups in total. The number of amides is 1. The summed E-state index contributed by atoms with van der Waals surface area (Å²) in [6.45, 7) is 8.17. The summed E-state index contributed by atoms with van der Waals surface area (Å²) in [4.78, 5) is 21.7. The van der Waals surface area contributed by atoms with E-state index in [1.165, 1.54) is 4.88 Å². The second kappa shape index (κ2) is 7.70. The Balaban J connectivity index is 1.98. The van der Waals surface area contributed by atoms with Gasteiger partial charge in [0.1, 0.15) is 10.8 Å². The molecule has 22 heavy (non-hydrogen) atoms. The second-order valence-electron chi connectivity index (χ2n) is 4.82. The number of rotatable bonds is 7. The van der Waals surface area contributed by atoms with Crippen molar-refractivity contribution in [1.29, 1.82) is 0 Å². The number of anilines is 1. The van der Waals surface area contributed by atoms with Crippen LogP contribution in [0.1, 0.15) is 40.1 Å². The molecule has 0 saturated heterocycles. The van der Waals surface area contributed by atoms with Crippen molar-refractivity contribution >= 4 is 23.1 Å². The first kappa shape index (κ1) is 16.2. The van der Waals surface area contributed by atoms with Crippen LogP contribution < -0.4 is 10.6 Å². The standard InChI is InChI=1S/C16H20N4OS/c1-4-8-17-15(21)12-6-7-14(18-9-12)20-11(3)16-19-10-13(5-2)22-16/h4,6-7,9-11H,1,5,8H2,2-3H3,(H,17,21)(H,18,20). The van der Waals surface area contributed by atoms with Crippen molar-refractivity contribution in [2.75, 3.05) is 11.9 Å². The van der Waals surface area contributed by atoms with Crippen LogP contribution in [0.4, 0.5) is 5.82 Å². The van der Waals surface area contributed by atoms with Crippen molar-refractivity contribution in [3.63, 3.8) is 0 Å². The first-order chi connectivity index (χ1) is 10.6. The van der Waals surface area contributed by atoms with Crippen LogP contribution in [0.25, 0.3) is 0 Å². The number of thiazole rings is 1. The Morgan fingerprint density at radius 1 is 1.41 bits per heavy atom. The van der Waals surface area contributed by atoms with Crippen LogP contribution in [-0.4, -0.2) is 22.4 Å². The molecule has 0 fully saturated rings. The van der Waals surface area contributed by atoms with Gasteiger partial charge in [-0.3, -0.25) is 4.79 Å². The van der Waals surface area contributed by atoms with E-state index < -0.39 is 0 Å². The fourth-order valence-electron chi connectivity index (χ4n) is 1.85.